The van der Waals surface area contributed by atoms with Crippen LogP contribution in [0.15, 0.2) is 170 Å². The molecular formula is C78H78N8O2. The first kappa shape index (κ1) is 57.3. The summed E-state index contributed by atoms with van der Waals surface area (Å²) in [7, 11) is 0. The van der Waals surface area contributed by atoms with Gasteiger partial charge in [0.1, 0.15) is 11.5 Å². The zero-order valence-electron chi connectivity index (χ0n) is 51.8. The summed E-state index contributed by atoms with van der Waals surface area (Å²) in [6, 6.07) is 52.1. The summed E-state index contributed by atoms with van der Waals surface area (Å²) in [5.74, 6) is 1.63. The molecule has 13 rings (SSSR count). The Hall–Kier alpha value is -9.80. The highest BCUT2D eigenvalue weighted by Crippen LogP contribution is 2.43. The number of aromatic nitrogens is 8. The van der Waals surface area contributed by atoms with Crippen LogP contribution in [0.2, 0.25) is 0 Å². The molecule has 10 heteroatoms. The van der Waals surface area contributed by atoms with Crippen LogP contribution in [0.1, 0.15) is 131 Å². The first-order valence-corrected chi connectivity index (χ1v) is 31.2. The van der Waals surface area contributed by atoms with Gasteiger partial charge in [-0.2, -0.15) is 0 Å². The minimum atomic E-state index is -0.164. The van der Waals surface area contributed by atoms with Gasteiger partial charge in [0.15, 0.2) is 0 Å². The lowest BCUT2D eigenvalue weighted by molar-refractivity contribution is 0.298. The largest absolute Gasteiger partial charge is 0.494 e. The molecule has 8 bridgehead atoms. The van der Waals surface area contributed by atoms with Crippen molar-refractivity contribution in [1.82, 2.24) is 39.9 Å². The van der Waals surface area contributed by atoms with Crippen molar-refractivity contribution in [2.75, 3.05) is 13.2 Å². The summed E-state index contributed by atoms with van der Waals surface area (Å²) in [6.07, 6.45) is 22.5. The molecule has 442 valence electrons. The highest BCUT2D eigenvalue weighted by atomic mass is 16.5. The van der Waals surface area contributed by atoms with Crippen molar-refractivity contribution < 1.29 is 9.47 Å². The SMILES string of the molecule is Cc1cc(C)c(-c2c3nc(c(-c4cccc(OCCCCC(C)(c5ccc[nH]5)c5ccc[nH]5)c4)c4ccc([nH]4)c(-c4c(C)cc(C)cc4C)c4nc(c(-c5cccc(OCCCCC(C)(c6ccc[nH]6)c6ccc[nH]6)c5)c5ccc2[nH]5)C=C4)C=C3)c(C)c1. The van der Waals surface area contributed by atoms with Gasteiger partial charge in [-0.15, -0.1) is 0 Å². The molecule has 0 atom stereocenters. The van der Waals surface area contributed by atoms with Crippen molar-refractivity contribution in [2.45, 2.75) is 105 Å². The molecule has 0 spiro atoms. The van der Waals surface area contributed by atoms with E-state index in [2.05, 4.69) is 255 Å². The normalized spacial score (nSPS) is 12.4. The Kier molecular flexibility index (Phi) is 15.7. The number of H-pyrrole nitrogens is 6. The van der Waals surface area contributed by atoms with Crippen LogP contribution in [0.4, 0.5) is 0 Å². The topological polar surface area (TPSA) is 139 Å². The fourth-order valence-electron chi connectivity index (χ4n) is 14.0. The zero-order valence-corrected chi connectivity index (χ0v) is 51.8. The van der Waals surface area contributed by atoms with Gasteiger partial charge in [-0.1, -0.05) is 59.7 Å². The number of hydrogen-bond donors (Lipinski definition) is 6. The number of fused-ring (bicyclic) bond motifs is 8. The van der Waals surface area contributed by atoms with Crippen LogP contribution in [0.3, 0.4) is 0 Å². The molecule has 11 aromatic rings. The zero-order chi connectivity index (χ0) is 60.5. The van der Waals surface area contributed by atoms with Gasteiger partial charge in [0.2, 0.25) is 0 Å². The van der Waals surface area contributed by atoms with Gasteiger partial charge in [0.05, 0.1) is 36.0 Å². The van der Waals surface area contributed by atoms with Gasteiger partial charge < -0.3 is 39.4 Å². The second kappa shape index (κ2) is 24.2. The smallest absolute Gasteiger partial charge is 0.119 e. The molecule has 0 saturated heterocycles. The van der Waals surface area contributed by atoms with E-state index in [1.807, 2.05) is 24.8 Å². The summed E-state index contributed by atoms with van der Waals surface area (Å²) < 4.78 is 13.3. The standard InChI is InChI=1S/C78H78N8O2/c1-49-43-51(3)71(52(4)44-49)75-63-31-27-59(83-63)73(55-19-13-21-57(47-55)87-41-11-9-35-77(7,67-23-15-37-79-67)68-24-16-38-80-68)61-29-33-65(85-61)76(72-53(5)45-50(2)46-54(72)6)66-34-30-62(86-66)74(60-28-32-64(75)84-60)56-20-14-22-58(48-56)88-42-12-10-36-78(8,69-25-17-39-81-69)70-26-18-40-82-70/h13-34,37-40,43-48,79-83,86H,9-12,35-36,41-42H2,1-8H3. The van der Waals surface area contributed by atoms with E-state index in [1.165, 1.54) is 56.2 Å². The van der Waals surface area contributed by atoms with Crippen molar-refractivity contribution in [3.05, 3.63) is 249 Å². The molecule has 0 fully saturated rings. The highest BCUT2D eigenvalue weighted by molar-refractivity contribution is 6.01. The average molecular weight is 1160 g/mol. The van der Waals surface area contributed by atoms with Gasteiger partial charge in [0.25, 0.3) is 0 Å². The van der Waals surface area contributed by atoms with Crippen LogP contribution in [0.5, 0.6) is 11.5 Å². The number of hydrogen-bond acceptors (Lipinski definition) is 4. The molecule has 4 aromatic carbocycles. The molecule has 0 unspecified atom stereocenters. The number of ether oxygens (including phenoxy) is 2. The van der Waals surface area contributed by atoms with E-state index in [1.54, 1.807) is 0 Å². The quantitative estimate of drug-likeness (QED) is 0.0423. The van der Waals surface area contributed by atoms with E-state index >= 15 is 0 Å². The molecule has 7 aromatic heterocycles. The first-order valence-electron chi connectivity index (χ1n) is 31.2. The predicted molar refractivity (Wildman–Crippen MR) is 364 cm³/mol. The van der Waals surface area contributed by atoms with E-state index in [0.717, 1.165) is 139 Å². The van der Waals surface area contributed by atoms with E-state index in [9.17, 15) is 0 Å². The Balaban J connectivity index is 0.926. The lowest BCUT2D eigenvalue weighted by Gasteiger charge is -2.28. The molecule has 10 nitrogen and oxygen atoms in total. The monoisotopic (exact) mass is 1160 g/mol. The minimum Gasteiger partial charge on any atom is -0.494 e. The van der Waals surface area contributed by atoms with Crippen LogP contribution in [0.25, 0.3) is 90.9 Å². The third-order valence-corrected chi connectivity index (χ3v) is 18.3. The maximum Gasteiger partial charge on any atom is 0.119 e. The van der Waals surface area contributed by atoms with E-state index < -0.39 is 0 Å². The highest BCUT2D eigenvalue weighted by Gasteiger charge is 2.32. The summed E-state index contributed by atoms with van der Waals surface area (Å²) in [5.41, 5.74) is 27.2. The molecule has 2 aliphatic heterocycles. The van der Waals surface area contributed by atoms with Crippen molar-refractivity contribution in [3.8, 4) is 56.0 Å². The van der Waals surface area contributed by atoms with Gasteiger partial charge in [0, 0.05) is 103 Å². The molecule has 0 saturated carbocycles. The van der Waals surface area contributed by atoms with E-state index in [-0.39, 0.29) is 10.8 Å². The molecule has 2 aliphatic rings. The molecular weight excluding hydrogens is 1080 g/mol. The van der Waals surface area contributed by atoms with Crippen LogP contribution in [-0.2, 0) is 10.8 Å². The Labute approximate surface area is 516 Å². The maximum atomic E-state index is 6.67. The number of unbranched alkanes of at least 4 members (excludes halogenated alkanes) is 2. The summed E-state index contributed by atoms with van der Waals surface area (Å²) in [4.78, 5) is 33.4. The lowest BCUT2D eigenvalue weighted by Crippen LogP contribution is -2.25. The molecule has 0 amide bonds. The van der Waals surface area contributed by atoms with Crippen molar-refractivity contribution >= 4 is 46.4 Å². The molecule has 9 heterocycles. The number of aryl methyl sites for hydroxylation is 6. The van der Waals surface area contributed by atoms with Gasteiger partial charge in [-0.3, -0.25) is 0 Å². The second-order valence-corrected chi connectivity index (χ2v) is 24.7. The van der Waals surface area contributed by atoms with Gasteiger partial charge in [-0.05, 0) is 260 Å². The summed E-state index contributed by atoms with van der Waals surface area (Å²) >= 11 is 0. The Morgan fingerprint density at radius 2 is 0.682 bits per heavy atom. The van der Waals surface area contributed by atoms with Crippen molar-refractivity contribution in [3.63, 3.8) is 0 Å². The Bertz CT molecular complexity index is 4140. The van der Waals surface area contributed by atoms with Crippen LogP contribution in [-0.4, -0.2) is 53.1 Å². The average Bonchev–Trinajstić information content (AvgIpc) is 3.17. The number of rotatable bonds is 20. The molecule has 6 N–H and O–H groups in total. The Morgan fingerprint density at radius 3 is 1.01 bits per heavy atom. The van der Waals surface area contributed by atoms with Crippen LogP contribution >= 0.6 is 0 Å². The van der Waals surface area contributed by atoms with Crippen LogP contribution < -0.4 is 9.47 Å². The predicted octanol–water partition coefficient (Wildman–Crippen LogP) is 19.6. The Morgan fingerprint density at radius 1 is 0.352 bits per heavy atom. The second-order valence-electron chi connectivity index (χ2n) is 24.7. The summed E-state index contributed by atoms with van der Waals surface area (Å²) in [5, 5.41) is 0. The van der Waals surface area contributed by atoms with Crippen LogP contribution in [0, 0.1) is 41.5 Å². The molecule has 0 radical (unpaired) electrons. The minimum absolute atomic E-state index is 0.164. The number of aromatic amines is 6. The fourth-order valence-corrected chi connectivity index (χ4v) is 14.0. The van der Waals surface area contributed by atoms with E-state index in [0.29, 0.717) is 13.2 Å². The molecule has 0 aliphatic carbocycles. The summed E-state index contributed by atoms with van der Waals surface area (Å²) in [6.45, 7) is 19.0. The fraction of sp³-hybridized carbons (Fsp3) is 0.231. The first-order chi connectivity index (χ1) is 42.8. The number of nitrogens with zero attached hydrogens (tertiary/aromatic N) is 2. The van der Waals surface area contributed by atoms with Crippen molar-refractivity contribution in [1.29, 1.82) is 0 Å². The number of benzene rings is 4. The van der Waals surface area contributed by atoms with E-state index in [4.69, 9.17) is 19.4 Å². The number of nitrogens with one attached hydrogen (secondary N) is 6. The van der Waals surface area contributed by atoms with Crippen molar-refractivity contribution in [2.24, 2.45) is 0 Å². The van der Waals surface area contributed by atoms with Gasteiger partial charge in [-0.25, -0.2) is 9.97 Å². The third-order valence-electron chi connectivity index (χ3n) is 18.3. The maximum absolute atomic E-state index is 6.67. The third kappa shape index (κ3) is 11.2. The molecule has 88 heavy (non-hydrogen) atoms. The lowest BCUT2D eigenvalue weighted by atomic mass is 9.79. The van der Waals surface area contributed by atoms with Gasteiger partial charge >= 0.3 is 0 Å².